The van der Waals surface area contributed by atoms with Gasteiger partial charge in [0.25, 0.3) is 0 Å². The van der Waals surface area contributed by atoms with E-state index in [1.807, 2.05) is 0 Å². The highest BCUT2D eigenvalue weighted by Crippen LogP contribution is 2.57. The number of nitrogens with zero attached hydrogens (tertiary/aromatic N) is 1. The number of carbonyl (C=O) groups is 1. The van der Waals surface area contributed by atoms with E-state index < -0.39 is 0 Å². The molecule has 0 aliphatic heterocycles. The average Bonchev–Trinajstić information content (AvgIpc) is 2.35. The summed E-state index contributed by atoms with van der Waals surface area (Å²) < 4.78 is 0. The second-order valence-corrected chi connectivity index (χ2v) is 6.33. The first-order valence-corrected chi connectivity index (χ1v) is 7.03. The number of nitrogens with one attached hydrogen (secondary N) is 1. The standard InChI is InChI=1S/C15H20N2O/c1-2-14(18)17-13(8-16)15-11-4-9-3-10(6-11)7-12(15)5-9/h2,9-13,15H,1,3-7H2,(H,17,18). The number of amides is 1. The van der Waals surface area contributed by atoms with E-state index in [4.69, 9.17) is 0 Å². The summed E-state index contributed by atoms with van der Waals surface area (Å²) in [7, 11) is 0. The molecule has 0 aromatic carbocycles. The van der Waals surface area contributed by atoms with E-state index in [0.717, 1.165) is 11.8 Å². The third-order valence-electron chi connectivity index (χ3n) is 5.31. The summed E-state index contributed by atoms with van der Waals surface area (Å²) in [5.74, 6) is 3.30. The van der Waals surface area contributed by atoms with Gasteiger partial charge in [-0.1, -0.05) is 6.58 Å². The molecule has 1 atom stereocenters. The molecular formula is C15H20N2O. The fourth-order valence-corrected chi connectivity index (χ4v) is 4.94. The van der Waals surface area contributed by atoms with Crippen molar-refractivity contribution in [3.8, 4) is 6.07 Å². The highest BCUT2D eigenvalue weighted by Gasteiger charge is 2.50. The lowest BCUT2D eigenvalue weighted by Crippen LogP contribution is -2.53. The fourth-order valence-electron chi connectivity index (χ4n) is 4.94. The van der Waals surface area contributed by atoms with Crippen LogP contribution in [0.25, 0.3) is 0 Å². The van der Waals surface area contributed by atoms with E-state index in [2.05, 4.69) is 18.0 Å². The Morgan fingerprint density at radius 3 is 2.22 bits per heavy atom. The maximum Gasteiger partial charge on any atom is 0.244 e. The van der Waals surface area contributed by atoms with Crippen LogP contribution in [-0.2, 0) is 4.79 Å². The number of hydrogen-bond acceptors (Lipinski definition) is 2. The van der Waals surface area contributed by atoms with Crippen LogP contribution in [0.15, 0.2) is 12.7 Å². The minimum absolute atomic E-state index is 0.213. The molecule has 0 spiro atoms. The van der Waals surface area contributed by atoms with Crippen LogP contribution in [0.1, 0.15) is 32.1 Å². The van der Waals surface area contributed by atoms with Crippen LogP contribution in [0.2, 0.25) is 0 Å². The molecule has 1 amide bonds. The molecule has 4 bridgehead atoms. The number of carbonyl (C=O) groups excluding carboxylic acids is 1. The molecule has 4 saturated carbocycles. The van der Waals surface area contributed by atoms with Gasteiger partial charge >= 0.3 is 0 Å². The summed E-state index contributed by atoms with van der Waals surface area (Å²) in [5, 5.41) is 12.2. The summed E-state index contributed by atoms with van der Waals surface area (Å²) in [6.07, 6.45) is 7.79. The normalized spacial score (nSPS) is 42.1. The summed E-state index contributed by atoms with van der Waals surface area (Å²) in [6.45, 7) is 3.46. The minimum Gasteiger partial charge on any atom is -0.337 e. The summed E-state index contributed by atoms with van der Waals surface area (Å²) in [6, 6.07) is 2.00. The van der Waals surface area contributed by atoms with Crippen molar-refractivity contribution in [2.45, 2.75) is 38.1 Å². The first kappa shape index (κ1) is 11.8. The first-order valence-electron chi connectivity index (χ1n) is 7.03. The van der Waals surface area contributed by atoms with Gasteiger partial charge in [0.05, 0.1) is 6.07 Å². The molecule has 0 radical (unpaired) electrons. The number of rotatable bonds is 3. The second-order valence-electron chi connectivity index (χ2n) is 6.33. The van der Waals surface area contributed by atoms with E-state index in [0.29, 0.717) is 17.8 Å². The maximum absolute atomic E-state index is 11.4. The Morgan fingerprint density at radius 2 is 1.78 bits per heavy atom. The van der Waals surface area contributed by atoms with Gasteiger partial charge in [-0.3, -0.25) is 4.79 Å². The van der Waals surface area contributed by atoms with Gasteiger partial charge in [0.2, 0.25) is 5.91 Å². The summed E-state index contributed by atoms with van der Waals surface area (Å²) in [4.78, 5) is 11.4. The van der Waals surface area contributed by atoms with Crippen molar-refractivity contribution in [1.82, 2.24) is 5.32 Å². The third-order valence-corrected chi connectivity index (χ3v) is 5.31. The molecule has 4 fully saturated rings. The third kappa shape index (κ3) is 1.84. The van der Waals surface area contributed by atoms with Crippen molar-refractivity contribution in [2.24, 2.45) is 29.6 Å². The van der Waals surface area contributed by atoms with Gasteiger partial charge in [0, 0.05) is 0 Å². The first-order chi connectivity index (χ1) is 8.71. The smallest absolute Gasteiger partial charge is 0.244 e. The van der Waals surface area contributed by atoms with Crippen molar-refractivity contribution in [1.29, 1.82) is 5.26 Å². The van der Waals surface area contributed by atoms with Gasteiger partial charge in [0.1, 0.15) is 6.04 Å². The van der Waals surface area contributed by atoms with Gasteiger partial charge in [-0.15, -0.1) is 0 Å². The van der Waals surface area contributed by atoms with Gasteiger partial charge in [-0.05, 0) is 67.8 Å². The molecule has 4 aliphatic rings. The molecule has 3 nitrogen and oxygen atoms in total. The topological polar surface area (TPSA) is 52.9 Å². The average molecular weight is 244 g/mol. The van der Waals surface area contributed by atoms with E-state index in [-0.39, 0.29) is 11.9 Å². The van der Waals surface area contributed by atoms with Gasteiger partial charge in [-0.25, -0.2) is 0 Å². The maximum atomic E-state index is 11.4. The molecular weight excluding hydrogens is 224 g/mol. The lowest BCUT2D eigenvalue weighted by molar-refractivity contribution is -0.118. The van der Waals surface area contributed by atoms with Crippen LogP contribution in [0.5, 0.6) is 0 Å². The zero-order valence-corrected chi connectivity index (χ0v) is 10.6. The van der Waals surface area contributed by atoms with E-state index in [1.165, 1.54) is 38.2 Å². The van der Waals surface area contributed by atoms with Crippen LogP contribution in [0, 0.1) is 40.9 Å². The van der Waals surface area contributed by atoms with Crippen molar-refractivity contribution >= 4 is 5.91 Å². The van der Waals surface area contributed by atoms with E-state index >= 15 is 0 Å². The van der Waals surface area contributed by atoms with Crippen LogP contribution in [-0.4, -0.2) is 11.9 Å². The molecule has 1 unspecified atom stereocenters. The molecule has 18 heavy (non-hydrogen) atoms. The minimum atomic E-state index is -0.314. The van der Waals surface area contributed by atoms with Crippen LogP contribution in [0.3, 0.4) is 0 Å². The van der Waals surface area contributed by atoms with Crippen molar-refractivity contribution < 1.29 is 4.79 Å². The Bertz CT molecular complexity index is 381. The lowest BCUT2D eigenvalue weighted by Gasteiger charge is -2.55. The Morgan fingerprint density at radius 1 is 1.22 bits per heavy atom. The largest absolute Gasteiger partial charge is 0.337 e. The molecule has 3 heteroatoms. The van der Waals surface area contributed by atoms with Crippen molar-refractivity contribution in [2.75, 3.05) is 0 Å². The SMILES string of the molecule is C=CC(=O)NC(C#N)C1C2CC3CC(C2)CC1C3. The zero-order valence-electron chi connectivity index (χ0n) is 10.6. The van der Waals surface area contributed by atoms with E-state index in [9.17, 15) is 10.1 Å². The quantitative estimate of drug-likeness (QED) is 0.774. The lowest BCUT2D eigenvalue weighted by atomic mass is 9.50. The zero-order chi connectivity index (χ0) is 12.7. The number of hydrogen-bond donors (Lipinski definition) is 1. The van der Waals surface area contributed by atoms with Gasteiger partial charge in [-0.2, -0.15) is 5.26 Å². The second kappa shape index (κ2) is 4.42. The highest BCUT2D eigenvalue weighted by molar-refractivity contribution is 5.87. The Kier molecular flexibility index (Phi) is 2.89. The predicted octanol–water partition coefficient (Wildman–Crippen LogP) is 2.25. The van der Waals surface area contributed by atoms with Crippen LogP contribution >= 0.6 is 0 Å². The Hall–Kier alpha value is -1.30. The molecule has 0 aromatic heterocycles. The van der Waals surface area contributed by atoms with Crippen molar-refractivity contribution in [3.05, 3.63) is 12.7 Å². The summed E-state index contributed by atoms with van der Waals surface area (Å²) >= 11 is 0. The van der Waals surface area contributed by atoms with Crippen molar-refractivity contribution in [3.63, 3.8) is 0 Å². The molecule has 4 aliphatic carbocycles. The van der Waals surface area contributed by atoms with Crippen LogP contribution < -0.4 is 5.32 Å². The molecule has 1 N–H and O–H groups in total. The predicted molar refractivity (Wildman–Crippen MR) is 68.3 cm³/mol. The molecule has 96 valence electrons. The number of nitriles is 1. The monoisotopic (exact) mass is 244 g/mol. The molecule has 0 heterocycles. The van der Waals surface area contributed by atoms with Gasteiger partial charge in [0.15, 0.2) is 0 Å². The Labute approximate surface area is 108 Å². The fraction of sp³-hybridized carbons (Fsp3) is 0.733. The highest BCUT2D eigenvalue weighted by atomic mass is 16.1. The summed E-state index contributed by atoms with van der Waals surface area (Å²) in [5.41, 5.74) is 0. The molecule has 0 saturated heterocycles. The van der Waals surface area contributed by atoms with E-state index in [1.54, 1.807) is 0 Å². The van der Waals surface area contributed by atoms with Gasteiger partial charge < -0.3 is 5.32 Å². The molecule has 0 aromatic rings. The molecule has 4 rings (SSSR count). The Balaban J connectivity index is 1.77. The van der Waals surface area contributed by atoms with Crippen LogP contribution in [0.4, 0.5) is 0 Å².